The van der Waals surface area contributed by atoms with Crippen LogP contribution in [-0.4, -0.2) is 30.8 Å². The lowest BCUT2D eigenvalue weighted by molar-refractivity contribution is 0.218. The molecule has 0 saturated carbocycles. The van der Waals surface area contributed by atoms with Crippen molar-refractivity contribution in [1.29, 1.82) is 0 Å². The molecule has 0 amide bonds. The summed E-state index contributed by atoms with van der Waals surface area (Å²) in [4.78, 5) is 0. The molecule has 0 radical (unpaired) electrons. The number of hydrogen-bond acceptors (Lipinski definition) is 3. The number of hydrogen-bond donors (Lipinski definition) is 1. The minimum atomic E-state index is 0.238. The Morgan fingerprint density at radius 2 is 1.92 bits per heavy atom. The summed E-state index contributed by atoms with van der Waals surface area (Å²) >= 11 is 1.91. The van der Waals surface area contributed by atoms with Gasteiger partial charge >= 0.3 is 0 Å². The fourth-order valence-electron chi connectivity index (χ4n) is 1.45. The zero-order valence-electron chi connectivity index (χ0n) is 9.46. The molecule has 0 aliphatic rings. The molecule has 3 heteroatoms. The van der Waals surface area contributed by atoms with Gasteiger partial charge in [-0.1, -0.05) is 20.8 Å². The third-order valence-electron chi connectivity index (χ3n) is 1.92. The highest BCUT2D eigenvalue weighted by Gasteiger charge is 2.27. The zero-order valence-corrected chi connectivity index (χ0v) is 10.3. The first-order valence-corrected chi connectivity index (χ1v) is 5.80. The monoisotopic (exact) mass is 205 g/mol. The molecule has 0 spiro atoms. The Kier molecular flexibility index (Phi) is 6.01. The molecule has 0 bridgehead atoms. The summed E-state index contributed by atoms with van der Waals surface area (Å²) in [6.07, 6.45) is 0. The van der Waals surface area contributed by atoms with Crippen LogP contribution in [0.5, 0.6) is 0 Å². The first-order chi connectivity index (χ1) is 5.89. The van der Waals surface area contributed by atoms with E-state index in [4.69, 9.17) is 10.5 Å². The van der Waals surface area contributed by atoms with Gasteiger partial charge in [-0.25, -0.2) is 0 Å². The van der Waals surface area contributed by atoms with Crippen molar-refractivity contribution in [2.24, 2.45) is 11.1 Å². The van der Waals surface area contributed by atoms with Crippen LogP contribution in [0.3, 0.4) is 0 Å². The number of ether oxygens (including phenoxy) is 1. The molecule has 0 rings (SSSR count). The molecule has 2 nitrogen and oxygen atoms in total. The molecule has 13 heavy (non-hydrogen) atoms. The van der Waals surface area contributed by atoms with Gasteiger partial charge in [-0.3, -0.25) is 0 Å². The maximum absolute atomic E-state index is 5.94. The molecule has 80 valence electrons. The largest absolute Gasteiger partial charge is 0.384 e. The third kappa shape index (κ3) is 5.55. The maximum Gasteiger partial charge on any atom is 0.0553 e. The Balaban J connectivity index is 3.97. The van der Waals surface area contributed by atoms with Gasteiger partial charge in [-0.05, 0) is 12.3 Å². The van der Waals surface area contributed by atoms with E-state index < -0.39 is 0 Å². The highest BCUT2D eigenvalue weighted by atomic mass is 32.2. The molecule has 0 fully saturated rings. The molecule has 0 aliphatic heterocycles. The molecular formula is C10H23NOS. The predicted octanol–water partition coefficient (Wildman–Crippen LogP) is 2.13. The lowest BCUT2D eigenvalue weighted by atomic mass is 9.88. The number of thioether (sulfide) groups is 1. The lowest BCUT2D eigenvalue weighted by Gasteiger charge is -2.33. The Labute approximate surface area is 86.6 Å². The second kappa shape index (κ2) is 5.89. The fraction of sp³-hybridized carbons (Fsp3) is 1.00. The van der Waals surface area contributed by atoms with E-state index in [9.17, 15) is 0 Å². The van der Waals surface area contributed by atoms with Gasteiger partial charge in [-0.15, -0.1) is 0 Å². The van der Waals surface area contributed by atoms with Crippen molar-refractivity contribution in [2.75, 3.05) is 19.5 Å². The molecule has 2 unspecified atom stereocenters. The van der Waals surface area contributed by atoms with E-state index in [0.717, 1.165) is 12.4 Å². The molecule has 0 aromatic rings. The van der Waals surface area contributed by atoms with Gasteiger partial charge in [0.05, 0.1) is 6.61 Å². The topological polar surface area (TPSA) is 35.2 Å². The molecule has 0 saturated heterocycles. The molecular weight excluding hydrogens is 182 g/mol. The zero-order chi connectivity index (χ0) is 10.5. The van der Waals surface area contributed by atoms with Gasteiger partial charge < -0.3 is 10.5 Å². The van der Waals surface area contributed by atoms with Crippen molar-refractivity contribution in [3.63, 3.8) is 0 Å². The van der Waals surface area contributed by atoms with E-state index in [1.165, 1.54) is 0 Å². The predicted molar refractivity (Wildman–Crippen MR) is 61.2 cm³/mol. The van der Waals surface area contributed by atoms with Crippen LogP contribution in [0.4, 0.5) is 0 Å². The third-order valence-corrected chi connectivity index (χ3v) is 3.81. The van der Waals surface area contributed by atoms with Crippen LogP contribution >= 0.6 is 11.8 Å². The van der Waals surface area contributed by atoms with Gasteiger partial charge in [0.25, 0.3) is 0 Å². The summed E-state index contributed by atoms with van der Waals surface area (Å²) in [5.74, 6) is 1.03. The van der Waals surface area contributed by atoms with Crippen molar-refractivity contribution in [1.82, 2.24) is 0 Å². The summed E-state index contributed by atoms with van der Waals surface area (Å²) in [5.41, 5.74) is 6.21. The molecule has 2 N–H and O–H groups in total. The van der Waals surface area contributed by atoms with Gasteiger partial charge in [0, 0.05) is 24.2 Å². The first-order valence-electron chi connectivity index (χ1n) is 4.75. The minimum Gasteiger partial charge on any atom is -0.384 e. The average Bonchev–Trinajstić information content (AvgIpc) is 1.94. The van der Waals surface area contributed by atoms with E-state index in [1.807, 2.05) is 11.8 Å². The summed E-state index contributed by atoms with van der Waals surface area (Å²) in [7, 11) is 1.73. The highest BCUT2D eigenvalue weighted by Crippen LogP contribution is 2.31. The second-order valence-electron chi connectivity index (χ2n) is 4.51. The summed E-state index contributed by atoms with van der Waals surface area (Å²) < 4.78 is 5.02. The van der Waals surface area contributed by atoms with Crippen molar-refractivity contribution in [3.05, 3.63) is 0 Å². The van der Waals surface area contributed by atoms with Crippen LogP contribution in [-0.2, 0) is 4.74 Å². The highest BCUT2D eigenvalue weighted by molar-refractivity contribution is 8.00. The Bertz CT molecular complexity index is 131. The molecule has 0 heterocycles. The molecule has 0 aromatic carbocycles. The summed E-state index contributed by atoms with van der Waals surface area (Å²) in [5, 5.41) is 0.502. The van der Waals surface area contributed by atoms with Gasteiger partial charge in [0.1, 0.15) is 0 Å². The van der Waals surface area contributed by atoms with Crippen molar-refractivity contribution in [3.8, 4) is 0 Å². The smallest absolute Gasteiger partial charge is 0.0553 e. The van der Waals surface area contributed by atoms with Crippen LogP contribution in [0.15, 0.2) is 0 Å². The second-order valence-corrected chi connectivity index (χ2v) is 5.76. The summed E-state index contributed by atoms with van der Waals surface area (Å²) in [6, 6.07) is 0.238. The lowest BCUT2D eigenvalue weighted by Crippen LogP contribution is -2.39. The number of nitrogens with two attached hydrogens (primary N) is 1. The number of methoxy groups -OCH3 is 1. The van der Waals surface area contributed by atoms with Crippen LogP contribution in [0.2, 0.25) is 0 Å². The molecule has 0 aliphatic carbocycles. The first kappa shape index (κ1) is 13.3. The normalized spacial score (nSPS) is 17.1. The van der Waals surface area contributed by atoms with Crippen LogP contribution in [0.1, 0.15) is 27.7 Å². The SMILES string of the molecule is COCCSC(C(C)N)C(C)(C)C. The Hall–Kier alpha value is 0.270. The van der Waals surface area contributed by atoms with Crippen LogP contribution in [0, 0.1) is 5.41 Å². The Morgan fingerprint density at radius 1 is 1.38 bits per heavy atom. The van der Waals surface area contributed by atoms with E-state index in [-0.39, 0.29) is 11.5 Å². The quantitative estimate of drug-likeness (QED) is 0.698. The average molecular weight is 205 g/mol. The van der Waals surface area contributed by atoms with Crippen molar-refractivity contribution < 1.29 is 4.74 Å². The minimum absolute atomic E-state index is 0.238. The van der Waals surface area contributed by atoms with E-state index in [0.29, 0.717) is 5.25 Å². The standard InChI is InChI=1S/C10H23NOS/c1-8(11)9(10(2,3)4)13-7-6-12-5/h8-9H,6-7,11H2,1-5H3. The van der Waals surface area contributed by atoms with Gasteiger partial charge in [-0.2, -0.15) is 11.8 Å². The summed E-state index contributed by atoms with van der Waals surface area (Å²) in [6.45, 7) is 9.60. The Morgan fingerprint density at radius 3 is 2.23 bits per heavy atom. The molecule has 0 aromatic heterocycles. The van der Waals surface area contributed by atoms with E-state index >= 15 is 0 Å². The van der Waals surface area contributed by atoms with E-state index in [2.05, 4.69) is 27.7 Å². The van der Waals surface area contributed by atoms with Crippen molar-refractivity contribution in [2.45, 2.75) is 39.0 Å². The number of rotatable bonds is 5. The maximum atomic E-state index is 5.94. The fourth-order valence-corrected chi connectivity index (χ4v) is 2.77. The van der Waals surface area contributed by atoms with Gasteiger partial charge in [0.15, 0.2) is 0 Å². The van der Waals surface area contributed by atoms with Crippen LogP contribution < -0.4 is 5.73 Å². The van der Waals surface area contributed by atoms with Crippen LogP contribution in [0.25, 0.3) is 0 Å². The van der Waals surface area contributed by atoms with Gasteiger partial charge in [0.2, 0.25) is 0 Å². The van der Waals surface area contributed by atoms with E-state index in [1.54, 1.807) is 7.11 Å². The van der Waals surface area contributed by atoms with Crippen molar-refractivity contribution >= 4 is 11.8 Å². The molecule has 2 atom stereocenters.